The summed E-state index contributed by atoms with van der Waals surface area (Å²) in [5, 5.41) is 3.14. The largest absolute Gasteiger partial charge is 0.493 e. The van der Waals surface area contributed by atoms with Gasteiger partial charge in [0.25, 0.3) is 0 Å². The lowest BCUT2D eigenvalue weighted by Gasteiger charge is -2.23. The summed E-state index contributed by atoms with van der Waals surface area (Å²) in [6, 6.07) is 3.15. The fourth-order valence-corrected chi connectivity index (χ4v) is 2.54. The van der Waals surface area contributed by atoms with Crippen LogP contribution in [-0.2, 0) is 6.18 Å². The molecule has 1 aromatic rings. The van der Waals surface area contributed by atoms with Crippen molar-refractivity contribution >= 4 is 5.78 Å². The van der Waals surface area contributed by atoms with E-state index < -0.39 is 11.7 Å². The number of nitrogens with one attached hydrogen (secondary N) is 1. The summed E-state index contributed by atoms with van der Waals surface area (Å²) in [6.07, 6.45) is -2.46. The quantitative estimate of drug-likeness (QED) is 0.843. The first-order chi connectivity index (χ1) is 10.4. The molecule has 1 fully saturated rings. The summed E-state index contributed by atoms with van der Waals surface area (Å²) >= 11 is 0. The molecule has 0 bridgehead atoms. The summed E-state index contributed by atoms with van der Waals surface area (Å²) in [6.45, 7) is 3.69. The highest BCUT2D eigenvalue weighted by molar-refractivity contribution is 6.00. The van der Waals surface area contributed by atoms with Gasteiger partial charge >= 0.3 is 6.18 Å². The highest BCUT2D eigenvalue weighted by Crippen LogP contribution is 2.34. The molecule has 0 atom stereocenters. The van der Waals surface area contributed by atoms with Crippen molar-refractivity contribution in [1.29, 1.82) is 0 Å². The standard InChI is InChI=1S/C16H20F3NO2/c1-2-9-22-14-4-3-12(16(17,18)19)10-13(14)15(21)11-5-7-20-8-6-11/h3-4,10-11,20H,2,5-9H2,1H3. The molecule has 6 heteroatoms. The highest BCUT2D eigenvalue weighted by Gasteiger charge is 2.33. The maximum Gasteiger partial charge on any atom is 0.416 e. The third kappa shape index (κ3) is 4.00. The Hall–Kier alpha value is -1.56. The minimum atomic E-state index is -4.47. The van der Waals surface area contributed by atoms with Gasteiger partial charge in [-0.1, -0.05) is 6.92 Å². The van der Waals surface area contributed by atoms with Crippen molar-refractivity contribution in [2.24, 2.45) is 5.92 Å². The molecule has 0 aliphatic carbocycles. The van der Waals surface area contributed by atoms with Gasteiger partial charge in [0.1, 0.15) is 5.75 Å². The fourth-order valence-electron chi connectivity index (χ4n) is 2.54. The van der Waals surface area contributed by atoms with E-state index in [4.69, 9.17) is 4.74 Å². The van der Waals surface area contributed by atoms with Gasteiger partial charge in [0, 0.05) is 5.92 Å². The lowest BCUT2D eigenvalue weighted by atomic mass is 9.88. The van der Waals surface area contributed by atoms with Crippen LogP contribution in [0.2, 0.25) is 0 Å². The second kappa shape index (κ2) is 7.13. The molecule has 0 saturated carbocycles. The van der Waals surface area contributed by atoms with Crippen molar-refractivity contribution in [1.82, 2.24) is 5.32 Å². The lowest BCUT2D eigenvalue weighted by molar-refractivity contribution is -0.137. The zero-order chi connectivity index (χ0) is 16.2. The van der Waals surface area contributed by atoms with Crippen LogP contribution in [-0.4, -0.2) is 25.5 Å². The number of piperidine rings is 1. The minimum Gasteiger partial charge on any atom is -0.493 e. The second-order valence-electron chi connectivity index (χ2n) is 5.45. The average molecular weight is 315 g/mol. The number of ketones is 1. The number of carbonyl (C=O) groups is 1. The Labute approximate surface area is 127 Å². The van der Waals surface area contributed by atoms with Crippen molar-refractivity contribution in [2.75, 3.05) is 19.7 Å². The Morgan fingerprint density at radius 3 is 2.59 bits per heavy atom. The lowest BCUT2D eigenvalue weighted by Crippen LogP contribution is -2.32. The van der Waals surface area contributed by atoms with Crippen LogP contribution in [0.3, 0.4) is 0 Å². The van der Waals surface area contributed by atoms with Gasteiger partial charge in [-0.15, -0.1) is 0 Å². The third-order valence-corrected chi connectivity index (χ3v) is 3.74. The number of hydrogen-bond donors (Lipinski definition) is 1. The molecular weight excluding hydrogens is 295 g/mol. The van der Waals surface area contributed by atoms with E-state index in [2.05, 4.69) is 5.32 Å². The number of ether oxygens (including phenoxy) is 1. The molecule has 3 nitrogen and oxygen atoms in total. The molecule has 1 saturated heterocycles. The van der Waals surface area contributed by atoms with E-state index in [1.807, 2.05) is 6.92 Å². The smallest absolute Gasteiger partial charge is 0.416 e. The Balaban J connectivity index is 2.33. The molecule has 1 aliphatic heterocycles. The van der Waals surface area contributed by atoms with Gasteiger partial charge in [0.2, 0.25) is 0 Å². The van der Waals surface area contributed by atoms with Crippen LogP contribution in [0.15, 0.2) is 18.2 Å². The van der Waals surface area contributed by atoms with E-state index in [-0.39, 0.29) is 23.0 Å². The first-order valence-corrected chi connectivity index (χ1v) is 7.52. The van der Waals surface area contributed by atoms with Gasteiger partial charge in [0.05, 0.1) is 17.7 Å². The average Bonchev–Trinajstić information content (AvgIpc) is 2.52. The summed E-state index contributed by atoms with van der Waals surface area (Å²) in [5.41, 5.74) is -0.760. The van der Waals surface area contributed by atoms with Crippen molar-refractivity contribution in [3.8, 4) is 5.75 Å². The molecule has 1 N–H and O–H groups in total. The molecule has 1 aliphatic rings. The molecule has 0 amide bonds. The van der Waals surface area contributed by atoms with Gasteiger partial charge in [-0.05, 0) is 50.6 Å². The molecule has 122 valence electrons. The van der Waals surface area contributed by atoms with Crippen LogP contribution in [0.1, 0.15) is 42.1 Å². The number of benzene rings is 1. The Morgan fingerprint density at radius 2 is 2.00 bits per heavy atom. The Kier molecular flexibility index (Phi) is 5.45. The summed E-state index contributed by atoms with van der Waals surface area (Å²) < 4.78 is 44.1. The molecule has 1 heterocycles. The van der Waals surface area contributed by atoms with E-state index in [1.54, 1.807) is 0 Å². The first kappa shape index (κ1) is 16.8. The molecule has 1 aromatic carbocycles. The summed E-state index contributed by atoms with van der Waals surface area (Å²) in [7, 11) is 0. The summed E-state index contributed by atoms with van der Waals surface area (Å²) in [4.78, 5) is 12.6. The van der Waals surface area contributed by atoms with Gasteiger partial charge in [-0.2, -0.15) is 13.2 Å². The predicted molar refractivity (Wildman–Crippen MR) is 77.2 cm³/mol. The van der Waals surface area contributed by atoms with Gasteiger partial charge < -0.3 is 10.1 Å². The van der Waals surface area contributed by atoms with E-state index in [0.29, 0.717) is 32.5 Å². The number of alkyl halides is 3. The minimum absolute atomic E-state index is 0.0511. The molecule has 2 rings (SSSR count). The topological polar surface area (TPSA) is 38.3 Å². The van der Waals surface area contributed by atoms with Crippen molar-refractivity contribution in [3.63, 3.8) is 0 Å². The van der Waals surface area contributed by atoms with Crippen LogP contribution in [0, 0.1) is 5.92 Å². The Bertz CT molecular complexity index is 523. The normalized spacial score (nSPS) is 16.5. The molecule has 0 spiro atoms. The zero-order valence-corrected chi connectivity index (χ0v) is 12.5. The highest BCUT2D eigenvalue weighted by atomic mass is 19.4. The van der Waals surface area contributed by atoms with Crippen LogP contribution in [0.5, 0.6) is 5.75 Å². The second-order valence-corrected chi connectivity index (χ2v) is 5.45. The number of halogens is 3. The van der Waals surface area contributed by atoms with Gasteiger partial charge in [-0.25, -0.2) is 0 Å². The first-order valence-electron chi connectivity index (χ1n) is 7.52. The molecular formula is C16H20F3NO2. The molecule has 22 heavy (non-hydrogen) atoms. The molecule has 0 radical (unpaired) electrons. The maximum absolute atomic E-state index is 12.9. The van der Waals surface area contributed by atoms with Crippen molar-refractivity contribution < 1.29 is 22.7 Å². The number of rotatable bonds is 5. The maximum atomic E-state index is 12.9. The number of Topliss-reactive ketones (excluding diaryl/α,β-unsaturated/α-hetero) is 1. The zero-order valence-electron chi connectivity index (χ0n) is 12.5. The molecule has 0 unspecified atom stereocenters. The molecule has 0 aromatic heterocycles. The Morgan fingerprint density at radius 1 is 1.32 bits per heavy atom. The van der Waals surface area contributed by atoms with Crippen molar-refractivity contribution in [3.05, 3.63) is 29.3 Å². The van der Waals surface area contributed by atoms with E-state index >= 15 is 0 Å². The van der Waals surface area contributed by atoms with Crippen molar-refractivity contribution in [2.45, 2.75) is 32.4 Å². The predicted octanol–water partition coefficient (Wildman–Crippen LogP) is 3.68. The monoisotopic (exact) mass is 315 g/mol. The van der Waals surface area contributed by atoms with Gasteiger partial charge in [-0.3, -0.25) is 4.79 Å². The summed E-state index contributed by atoms with van der Waals surface area (Å²) in [5.74, 6) is -0.245. The van der Waals surface area contributed by atoms with Gasteiger partial charge in [0.15, 0.2) is 5.78 Å². The SMILES string of the molecule is CCCOc1ccc(C(F)(F)F)cc1C(=O)C1CCNCC1. The van der Waals surface area contributed by atoms with Crippen LogP contribution in [0.25, 0.3) is 0 Å². The van der Waals surface area contributed by atoms with E-state index in [9.17, 15) is 18.0 Å². The fraction of sp³-hybridized carbons (Fsp3) is 0.562. The van der Waals surface area contributed by atoms with E-state index in [0.717, 1.165) is 18.6 Å². The number of hydrogen-bond acceptors (Lipinski definition) is 3. The number of carbonyl (C=O) groups excluding carboxylic acids is 1. The van der Waals surface area contributed by atoms with Crippen LogP contribution in [0.4, 0.5) is 13.2 Å². The van der Waals surface area contributed by atoms with Crippen LogP contribution < -0.4 is 10.1 Å². The van der Waals surface area contributed by atoms with Crippen LogP contribution >= 0.6 is 0 Å². The third-order valence-electron chi connectivity index (χ3n) is 3.74. The van der Waals surface area contributed by atoms with E-state index in [1.165, 1.54) is 6.07 Å².